The van der Waals surface area contributed by atoms with Crippen molar-refractivity contribution in [3.05, 3.63) is 107 Å². The Labute approximate surface area is 180 Å². The lowest BCUT2D eigenvalue weighted by Gasteiger charge is -2.05. The number of hydrogen-bond acceptors (Lipinski definition) is 3. The first kappa shape index (κ1) is 19.9. The van der Waals surface area contributed by atoms with Gasteiger partial charge in [-0.1, -0.05) is 60.1 Å². The molecule has 30 heavy (non-hydrogen) atoms. The minimum atomic E-state index is -0.157. The molecule has 0 saturated heterocycles. The second-order valence-electron chi connectivity index (χ2n) is 6.91. The summed E-state index contributed by atoms with van der Waals surface area (Å²) in [6.07, 6.45) is 4.22. The fourth-order valence-electron chi connectivity index (χ4n) is 3.21. The second-order valence-corrected chi connectivity index (χ2v) is 7.34. The summed E-state index contributed by atoms with van der Waals surface area (Å²) in [5, 5.41) is 8.32. The molecule has 0 bridgehead atoms. The number of nitrogens with one attached hydrogen (secondary N) is 1. The van der Waals surface area contributed by atoms with Gasteiger partial charge in [0.15, 0.2) is 0 Å². The second kappa shape index (κ2) is 9.37. The predicted octanol–water partition coefficient (Wildman–Crippen LogP) is 4.62. The van der Waals surface area contributed by atoms with Crippen LogP contribution in [0.15, 0.2) is 85.2 Å². The van der Waals surface area contributed by atoms with Gasteiger partial charge < -0.3 is 5.32 Å². The van der Waals surface area contributed by atoms with Crippen molar-refractivity contribution >= 4 is 17.5 Å². The summed E-state index contributed by atoms with van der Waals surface area (Å²) in [5.41, 5.74) is 4.08. The van der Waals surface area contributed by atoms with E-state index in [1.165, 1.54) is 0 Å². The van der Waals surface area contributed by atoms with Crippen LogP contribution in [-0.2, 0) is 13.0 Å². The monoisotopic (exact) mass is 416 g/mol. The van der Waals surface area contributed by atoms with Crippen molar-refractivity contribution in [3.8, 4) is 11.3 Å². The quantitative estimate of drug-likeness (QED) is 0.478. The third kappa shape index (κ3) is 4.93. The van der Waals surface area contributed by atoms with E-state index in [0.29, 0.717) is 35.8 Å². The van der Waals surface area contributed by atoms with Crippen molar-refractivity contribution < 1.29 is 4.79 Å². The zero-order valence-electron chi connectivity index (χ0n) is 16.3. The van der Waals surface area contributed by atoms with E-state index >= 15 is 0 Å². The van der Waals surface area contributed by atoms with Crippen LogP contribution in [0.25, 0.3) is 11.3 Å². The minimum Gasteiger partial charge on any atom is -0.352 e. The van der Waals surface area contributed by atoms with Crippen LogP contribution < -0.4 is 5.32 Å². The Morgan fingerprint density at radius 2 is 1.73 bits per heavy atom. The van der Waals surface area contributed by atoms with E-state index < -0.39 is 0 Å². The third-order valence-electron chi connectivity index (χ3n) is 4.70. The van der Waals surface area contributed by atoms with Gasteiger partial charge in [0.05, 0.1) is 12.1 Å². The Hall–Kier alpha value is -3.44. The van der Waals surface area contributed by atoms with Crippen molar-refractivity contribution in [2.75, 3.05) is 6.54 Å². The molecule has 2 aromatic heterocycles. The molecular weight excluding hydrogens is 396 g/mol. The first-order valence-corrected chi connectivity index (χ1v) is 10.1. The van der Waals surface area contributed by atoms with Crippen LogP contribution in [0.4, 0.5) is 0 Å². The lowest BCUT2D eigenvalue weighted by Crippen LogP contribution is -2.26. The molecule has 2 heterocycles. The maximum atomic E-state index is 13.0. The van der Waals surface area contributed by atoms with Crippen molar-refractivity contribution in [1.29, 1.82) is 0 Å². The molecule has 0 aliphatic rings. The van der Waals surface area contributed by atoms with E-state index in [1.807, 2.05) is 60.7 Å². The Kier molecular flexibility index (Phi) is 6.20. The molecule has 4 aromatic rings. The summed E-state index contributed by atoms with van der Waals surface area (Å²) >= 11 is 6.03. The molecule has 5 nitrogen and oxygen atoms in total. The Morgan fingerprint density at radius 3 is 2.47 bits per heavy atom. The first-order chi connectivity index (χ1) is 14.7. The van der Waals surface area contributed by atoms with Crippen LogP contribution in [-0.4, -0.2) is 27.2 Å². The summed E-state index contributed by atoms with van der Waals surface area (Å²) in [7, 11) is 0. The number of carbonyl (C=O) groups excluding carboxylic acids is 1. The number of nitrogens with zero attached hydrogens (tertiary/aromatic N) is 3. The molecule has 6 heteroatoms. The van der Waals surface area contributed by atoms with E-state index in [4.69, 9.17) is 16.7 Å². The Bertz CT molecular complexity index is 1110. The molecule has 2 aromatic carbocycles. The summed E-state index contributed by atoms with van der Waals surface area (Å²) in [6, 6.07) is 23.2. The summed E-state index contributed by atoms with van der Waals surface area (Å²) < 4.78 is 1.80. The molecule has 0 saturated carbocycles. The van der Waals surface area contributed by atoms with Crippen LogP contribution in [0, 0.1) is 0 Å². The number of carbonyl (C=O) groups is 1. The number of rotatable bonds is 7. The van der Waals surface area contributed by atoms with E-state index in [1.54, 1.807) is 29.2 Å². The number of halogens is 1. The molecule has 0 aliphatic carbocycles. The SMILES string of the molecule is O=C(NCCc1ccccn1)c1cn(Cc2ccccc2)nc1-c1ccc(Cl)cc1. The molecule has 0 radical (unpaired) electrons. The molecule has 4 rings (SSSR count). The number of aromatic nitrogens is 3. The van der Waals surface area contributed by atoms with Crippen LogP contribution in [0.3, 0.4) is 0 Å². The van der Waals surface area contributed by atoms with Gasteiger partial charge in [0, 0.05) is 41.6 Å². The lowest BCUT2D eigenvalue weighted by molar-refractivity contribution is 0.0954. The van der Waals surface area contributed by atoms with Crippen LogP contribution in [0.5, 0.6) is 0 Å². The highest BCUT2D eigenvalue weighted by atomic mass is 35.5. The van der Waals surface area contributed by atoms with Crippen LogP contribution in [0.2, 0.25) is 5.02 Å². The van der Waals surface area contributed by atoms with E-state index in [-0.39, 0.29) is 5.91 Å². The predicted molar refractivity (Wildman–Crippen MR) is 118 cm³/mol. The van der Waals surface area contributed by atoms with E-state index in [0.717, 1.165) is 16.8 Å². The molecule has 150 valence electrons. The van der Waals surface area contributed by atoms with Gasteiger partial charge in [0.1, 0.15) is 5.69 Å². The summed E-state index contributed by atoms with van der Waals surface area (Å²) in [4.78, 5) is 17.2. The highest BCUT2D eigenvalue weighted by Gasteiger charge is 2.18. The van der Waals surface area contributed by atoms with Gasteiger partial charge in [0.25, 0.3) is 5.91 Å². The van der Waals surface area contributed by atoms with Gasteiger partial charge >= 0.3 is 0 Å². The molecule has 1 N–H and O–H groups in total. The number of pyridine rings is 1. The third-order valence-corrected chi connectivity index (χ3v) is 4.96. The Morgan fingerprint density at radius 1 is 0.967 bits per heavy atom. The summed E-state index contributed by atoms with van der Waals surface area (Å²) in [5.74, 6) is -0.157. The number of benzene rings is 2. The van der Waals surface area contributed by atoms with Gasteiger partial charge in [0.2, 0.25) is 0 Å². The lowest BCUT2D eigenvalue weighted by atomic mass is 10.1. The maximum Gasteiger partial charge on any atom is 0.255 e. The largest absolute Gasteiger partial charge is 0.352 e. The number of amides is 1. The van der Waals surface area contributed by atoms with Gasteiger partial charge in [-0.05, 0) is 29.8 Å². The van der Waals surface area contributed by atoms with Crippen molar-refractivity contribution in [2.45, 2.75) is 13.0 Å². The average molecular weight is 417 g/mol. The molecule has 0 fully saturated rings. The first-order valence-electron chi connectivity index (χ1n) is 9.74. The van der Waals surface area contributed by atoms with Gasteiger partial charge in [-0.2, -0.15) is 5.10 Å². The van der Waals surface area contributed by atoms with Crippen LogP contribution >= 0.6 is 11.6 Å². The van der Waals surface area contributed by atoms with Crippen molar-refractivity contribution in [3.63, 3.8) is 0 Å². The van der Waals surface area contributed by atoms with Gasteiger partial charge in [-0.15, -0.1) is 0 Å². The van der Waals surface area contributed by atoms with Gasteiger partial charge in [-0.3, -0.25) is 14.5 Å². The topological polar surface area (TPSA) is 59.8 Å². The van der Waals surface area contributed by atoms with Gasteiger partial charge in [-0.25, -0.2) is 0 Å². The molecule has 0 spiro atoms. The zero-order valence-corrected chi connectivity index (χ0v) is 17.1. The zero-order chi connectivity index (χ0) is 20.8. The van der Waals surface area contributed by atoms with E-state index in [9.17, 15) is 4.79 Å². The molecule has 0 atom stereocenters. The molecular formula is C24H21ClN4O. The fourth-order valence-corrected chi connectivity index (χ4v) is 3.33. The smallest absolute Gasteiger partial charge is 0.255 e. The van der Waals surface area contributed by atoms with Crippen molar-refractivity contribution in [2.24, 2.45) is 0 Å². The fraction of sp³-hybridized carbons (Fsp3) is 0.125. The Balaban J connectivity index is 1.56. The normalized spacial score (nSPS) is 10.7. The standard InChI is InChI=1S/C24H21ClN4O/c25-20-11-9-19(10-12-20)23-22(17-29(28-23)16-18-6-2-1-3-7-18)24(30)27-15-13-21-8-4-5-14-26-21/h1-12,14,17H,13,15-16H2,(H,27,30). The highest BCUT2D eigenvalue weighted by molar-refractivity contribution is 6.30. The minimum absolute atomic E-state index is 0.157. The number of hydrogen-bond donors (Lipinski definition) is 1. The van der Waals surface area contributed by atoms with Crippen LogP contribution in [0.1, 0.15) is 21.6 Å². The highest BCUT2D eigenvalue weighted by Crippen LogP contribution is 2.24. The van der Waals surface area contributed by atoms with Crippen molar-refractivity contribution in [1.82, 2.24) is 20.1 Å². The molecule has 0 aliphatic heterocycles. The summed E-state index contributed by atoms with van der Waals surface area (Å²) in [6.45, 7) is 1.09. The average Bonchev–Trinajstić information content (AvgIpc) is 3.19. The molecule has 0 unspecified atom stereocenters. The molecule has 1 amide bonds. The van der Waals surface area contributed by atoms with E-state index in [2.05, 4.69) is 10.3 Å². The maximum absolute atomic E-state index is 13.0.